The molecule has 2 heterocycles. The van der Waals surface area contributed by atoms with E-state index in [4.69, 9.17) is 9.47 Å². The van der Waals surface area contributed by atoms with Crippen LogP contribution in [0.25, 0.3) is 0 Å². The summed E-state index contributed by atoms with van der Waals surface area (Å²) in [6.45, 7) is 14.7. The molecule has 0 radical (unpaired) electrons. The molecule has 9 nitrogen and oxygen atoms in total. The second kappa shape index (κ2) is 9.02. The standard InChI is InChI=1S/C26H35N3O6/c1-9-25(6,7)26-14-19(20(31)27-16(2)21(32)34-8)29(23(33)35-24(3,4)5)22(26)28(15-30)18-13-11-10-12-17(18)26/h9-13,15-16,19,22H,1,14H2,2-8H3,(H,27,31)/t16-,19?,22+,26-/m1/s1. The van der Waals surface area contributed by atoms with Gasteiger partial charge >= 0.3 is 12.1 Å². The molecule has 0 aliphatic carbocycles. The first-order valence-corrected chi connectivity index (χ1v) is 11.6. The van der Waals surface area contributed by atoms with E-state index in [-0.39, 0.29) is 6.42 Å². The number of nitrogens with one attached hydrogen (secondary N) is 1. The smallest absolute Gasteiger partial charge is 0.412 e. The van der Waals surface area contributed by atoms with E-state index in [0.29, 0.717) is 12.1 Å². The fourth-order valence-corrected chi connectivity index (χ4v) is 5.29. The molecule has 1 N–H and O–H groups in total. The third-order valence-electron chi connectivity index (χ3n) is 7.08. The molecule has 2 aliphatic heterocycles. The molecule has 0 bridgehead atoms. The van der Waals surface area contributed by atoms with Gasteiger partial charge in [0.1, 0.15) is 23.9 Å². The number of rotatable bonds is 6. The van der Waals surface area contributed by atoms with Crippen LogP contribution in [0.15, 0.2) is 36.9 Å². The van der Waals surface area contributed by atoms with Crippen LogP contribution in [0.5, 0.6) is 0 Å². The molecular formula is C26H35N3O6. The Hall–Kier alpha value is -3.36. The second-order valence-electron chi connectivity index (χ2n) is 10.7. The maximum atomic E-state index is 13.6. The minimum atomic E-state index is -1.02. The first kappa shape index (κ1) is 26.2. The number of esters is 1. The molecule has 35 heavy (non-hydrogen) atoms. The summed E-state index contributed by atoms with van der Waals surface area (Å²) in [5.74, 6) is -1.15. The fraction of sp³-hybridized carbons (Fsp3) is 0.538. The summed E-state index contributed by atoms with van der Waals surface area (Å²) in [4.78, 5) is 54.5. The first-order valence-electron chi connectivity index (χ1n) is 11.6. The third-order valence-corrected chi connectivity index (χ3v) is 7.08. The van der Waals surface area contributed by atoms with Crippen LogP contribution in [0.4, 0.5) is 10.5 Å². The lowest BCUT2D eigenvalue weighted by Crippen LogP contribution is -2.59. The van der Waals surface area contributed by atoms with Gasteiger partial charge in [0.15, 0.2) is 0 Å². The molecule has 2 aliphatic rings. The van der Waals surface area contributed by atoms with E-state index in [9.17, 15) is 19.2 Å². The first-order chi connectivity index (χ1) is 16.3. The van der Waals surface area contributed by atoms with Crippen molar-refractivity contribution in [1.29, 1.82) is 0 Å². The highest BCUT2D eigenvalue weighted by Gasteiger charge is 2.68. The summed E-state index contributed by atoms with van der Waals surface area (Å²) in [6, 6.07) is 5.50. The quantitative estimate of drug-likeness (QED) is 0.377. The Morgan fingerprint density at radius 3 is 2.37 bits per heavy atom. The van der Waals surface area contributed by atoms with Crippen molar-refractivity contribution in [2.45, 2.75) is 77.2 Å². The highest BCUT2D eigenvalue weighted by Crippen LogP contribution is 2.62. The third kappa shape index (κ3) is 4.17. The summed E-state index contributed by atoms with van der Waals surface area (Å²) in [5.41, 5.74) is -0.840. The number of benzene rings is 1. The molecule has 1 saturated heterocycles. The lowest BCUT2D eigenvalue weighted by molar-refractivity contribution is -0.145. The van der Waals surface area contributed by atoms with Crippen molar-refractivity contribution in [3.63, 3.8) is 0 Å². The Balaban J connectivity index is 2.22. The molecule has 1 aromatic rings. The van der Waals surface area contributed by atoms with Gasteiger partial charge in [-0.05, 0) is 51.2 Å². The van der Waals surface area contributed by atoms with Crippen molar-refractivity contribution < 1.29 is 28.7 Å². The molecule has 190 valence electrons. The van der Waals surface area contributed by atoms with Crippen LogP contribution in [0.3, 0.4) is 0 Å². The van der Waals surface area contributed by atoms with Gasteiger partial charge in [-0.2, -0.15) is 0 Å². The number of para-hydroxylation sites is 1. The van der Waals surface area contributed by atoms with E-state index in [0.717, 1.165) is 5.56 Å². The van der Waals surface area contributed by atoms with Crippen LogP contribution in [0.2, 0.25) is 0 Å². The van der Waals surface area contributed by atoms with Crippen molar-refractivity contribution in [3.8, 4) is 0 Å². The fourth-order valence-electron chi connectivity index (χ4n) is 5.29. The summed E-state index contributed by atoms with van der Waals surface area (Å²) in [6.07, 6.45) is 1.09. The Morgan fingerprint density at radius 2 is 1.83 bits per heavy atom. The molecule has 1 fully saturated rings. The van der Waals surface area contributed by atoms with Gasteiger partial charge < -0.3 is 14.8 Å². The van der Waals surface area contributed by atoms with Gasteiger partial charge in [0.05, 0.1) is 7.11 Å². The van der Waals surface area contributed by atoms with Crippen LogP contribution < -0.4 is 10.2 Å². The van der Waals surface area contributed by atoms with Gasteiger partial charge in [0.2, 0.25) is 12.3 Å². The Morgan fingerprint density at radius 1 is 1.20 bits per heavy atom. The summed E-state index contributed by atoms with van der Waals surface area (Å²) < 4.78 is 10.4. The highest BCUT2D eigenvalue weighted by molar-refractivity contribution is 5.93. The molecule has 3 amide bonds. The van der Waals surface area contributed by atoms with Gasteiger partial charge in [-0.25, -0.2) is 9.59 Å². The molecule has 1 aromatic carbocycles. The Labute approximate surface area is 206 Å². The van der Waals surface area contributed by atoms with Gasteiger partial charge in [0.25, 0.3) is 0 Å². The minimum absolute atomic E-state index is 0.191. The summed E-state index contributed by atoms with van der Waals surface area (Å²) >= 11 is 0. The molecule has 1 unspecified atom stereocenters. The van der Waals surface area contributed by atoms with E-state index < -0.39 is 52.7 Å². The number of hydrogen-bond acceptors (Lipinski definition) is 6. The number of likely N-dealkylation sites (tertiary alicyclic amines) is 1. The number of methoxy groups -OCH3 is 1. The number of carbonyl (C=O) groups excluding carboxylic acids is 4. The zero-order valence-electron chi connectivity index (χ0n) is 21.5. The van der Waals surface area contributed by atoms with Gasteiger partial charge in [-0.3, -0.25) is 19.4 Å². The number of allylic oxidation sites excluding steroid dienone is 1. The summed E-state index contributed by atoms with van der Waals surface area (Å²) in [7, 11) is 1.23. The number of carbonyl (C=O) groups is 4. The lowest BCUT2D eigenvalue weighted by Gasteiger charge is -2.44. The van der Waals surface area contributed by atoms with Crippen molar-refractivity contribution >= 4 is 30.1 Å². The zero-order valence-corrected chi connectivity index (χ0v) is 21.5. The Bertz CT molecular complexity index is 1050. The van der Waals surface area contributed by atoms with E-state index >= 15 is 0 Å². The monoisotopic (exact) mass is 485 g/mol. The number of nitrogens with zero attached hydrogens (tertiary/aromatic N) is 2. The Kier molecular flexibility index (Phi) is 6.76. The van der Waals surface area contributed by atoms with Crippen molar-refractivity contribution in [1.82, 2.24) is 10.2 Å². The predicted molar refractivity (Wildman–Crippen MR) is 131 cm³/mol. The summed E-state index contributed by atoms with van der Waals surface area (Å²) in [5, 5.41) is 2.66. The van der Waals surface area contributed by atoms with E-state index in [1.54, 1.807) is 26.8 Å². The largest absolute Gasteiger partial charge is 0.467 e. The van der Waals surface area contributed by atoms with Crippen LogP contribution in [0, 0.1) is 5.41 Å². The average Bonchev–Trinajstić information content (AvgIpc) is 3.29. The van der Waals surface area contributed by atoms with Crippen LogP contribution >= 0.6 is 0 Å². The van der Waals surface area contributed by atoms with Gasteiger partial charge in [-0.1, -0.05) is 38.1 Å². The number of ether oxygens (including phenoxy) is 2. The second-order valence-corrected chi connectivity index (χ2v) is 10.7. The predicted octanol–water partition coefficient (Wildman–Crippen LogP) is 3.13. The van der Waals surface area contributed by atoms with Crippen LogP contribution in [0.1, 0.15) is 53.5 Å². The maximum Gasteiger partial charge on any atom is 0.412 e. The molecule has 0 spiro atoms. The van der Waals surface area contributed by atoms with Gasteiger partial charge in [-0.15, -0.1) is 6.58 Å². The molecular weight excluding hydrogens is 450 g/mol. The zero-order chi connectivity index (χ0) is 26.3. The number of fused-ring (bicyclic) bond motifs is 3. The molecule has 0 aromatic heterocycles. The van der Waals surface area contributed by atoms with Crippen LogP contribution in [-0.4, -0.2) is 60.2 Å². The SMILES string of the molecule is C=CC(C)(C)[C@@]12CC(C(=O)N[C@H](C)C(=O)OC)N(C(=O)OC(C)(C)C)[C@@H]1N(C=O)c1ccccc12. The van der Waals surface area contributed by atoms with E-state index in [2.05, 4.69) is 11.9 Å². The average molecular weight is 486 g/mol. The molecule has 3 rings (SSSR count). The lowest BCUT2D eigenvalue weighted by atomic mass is 9.60. The minimum Gasteiger partial charge on any atom is -0.467 e. The van der Waals surface area contributed by atoms with Crippen molar-refractivity contribution in [2.75, 3.05) is 12.0 Å². The highest BCUT2D eigenvalue weighted by atomic mass is 16.6. The van der Waals surface area contributed by atoms with Crippen molar-refractivity contribution in [2.24, 2.45) is 5.41 Å². The maximum absolute atomic E-state index is 13.6. The molecule has 0 saturated carbocycles. The van der Waals surface area contributed by atoms with Crippen molar-refractivity contribution in [3.05, 3.63) is 42.5 Å². The van der Waals surface area contributed by atoms with Gasteiger partial charge in [0, 0.05) is 11.1 Å². The molecule has 4 atom stereocenters. The number of anilines is 1. The van der Waals surface area contributed by atoms with Crippen LogP contribution in [-0.2, 0) is 29.3 Å². The number of hydrogen-bond donors (Lipinski definition) is 1. The number of amides is 3. The van der Waals surface area contributed by atoms with E-state index in [1.165, 1.54) is 23.8 Å². The topological polar surface area (TPSA) is 105 Å². The molecule has 9 heteroatoms. The van der Waals surface area contributed by atoms with E-state index in [1.807, 2.05) is 38.1 Å². The normalized spacial score (nSPS) is 24.2.